The van der Waals surface area contributed by atoms with Crippen LogP contribution in [0.2, 0.25) is 0 Å². The molecule has 0 aromatic heterocycles. The fourth-order valence-corrected chi connectivity index (χ4v) is 3.59. The molecule has 0 unspecified atom stereocenters. The second-order valence-corrected chi connectivity index (χ2v) is 7.68. The molecule has 3 rings (SSSR count). The van der Waals surface area contributed by atoms with Crippen molar-refractivity contribution in [3.05, 3.63) is 54.6 Å². The summed E-state index contributed by atoms with van der Waals surface area (Å²) in [5.74, 6) is 0.714. The van der Waals surface area contributed by atoms with Gasteiger partial charge in [0.1, 0.15) is 5.75 Å². The number of quaternary nitrogens is 1. The van der Waals surface area contributed by atoms with Crippen LogP contribution in [0, 0.1) is 0 Å². The summed E-state index contributed by atoms with van der Waals surface area (Å²) in [4.78, 5) is 27.5. The third kappa shape index (κ3) is 7.38. The first kappa shape index (κ1) is 22.8. The van der Waals surface area contributed by atoms with Gasteiger partial charge in [-0.3, -0.25) is 9.59 Å². The molecule has 7 heteroatoms. The van der Waals surface area contributed by atoms with Crippen molar-refractivity contribution in [3.8, 4) is 16.9 Å². The highest BCUT2D eigenvalue weighted by molar-refractivity contribution is 5.78. The van der Waals surface area contributed by atoms with Crippen LogP contribution in [0.4, 0.5) is 0 Å². The Morgan fingerprint density at radius 1 is 1.00 bits per heavy atom. The van der Waals surface area contributed by atoms with E-state index in [0.29, 0.717) is 38.5 Å². The van der Waals surface area contributed by atoms with Crippen molar-refractivity contribution in [2.24, 2.45) is 0 Å². The maximum Gasteiger partial charge on any atom is 0.275 e. The monoisotopic (exact) mass is 426 g/mol. The minimum absolute atomic E-state index is 0.0183. The predicted octanol–water partition coefficient (Wildman–Crippen LogP) is 0.612. The average molecular weight is 427 g/mol. The number of rotatable bonds is 10. The molecule has 0 saturated carbocycles. The van der Waals surface area contributed by atoms with E-state index in [1.54, 1.807) is 7.11 Å². The highest BCUT2D eigenvalue weighted by Crippen LogP contribution is 2.22. The smallest absolute Gasteiger partial charge is 0.275 e. The number of carbonyl (C=O) groups is 2. The second kappa shape index (κ2) is 12.1. The van der Waals surface area contributed by atoms with Gasteiger partial charge in [0.15, 0.2) is 13.2 Å². The zero-order valence-corrected chi connectivity index (χ0v) is 18.1. The van der Waals surface area contributed by atoms with Gasteiger partial charge in [-0.1, -0.05) is 42.5 Å². The van der Waals surface area contributed by atoms with Gasteiger partial charge in [0, 0.05) is 20.3 Å². The molecule has 0 atom stereocenters. The molecule has 1 aliphatic rings. The van der Waals surface area contributed by atoms with Crippen LogP contribution in [-0.2, 0) is 14.3 Å². The van der Waals surface area contributed by atoms with E-state index in [0.717, 1.165) is 30.6 Å². The lowest BCUT2D eigenvalue weighted by Gasteiger charge is -2.31. The summed E-state index contributed by atoms with van der Waals surface area (Å²) in [5, 5.41) is 2.91. The van der Waals surface area contributed by atoms with Gasteiger partial charge in [0.2, 0.25) is 0 Å². The Morgan fingerprint density at radius 2 is 1.68 bits per heavy atom. The summed E-state index contributed by atoms with van der Waals surface area (Å²) in [6, 6.07) is 17.9. The van der Waals surface area contributed by atoms with Gasteiger partial charge >= 0.3 is 0 Å². The summed E-state index contributed by atoms with van der Waals surface area (Å²) in [5.41, 5.74) is 2.26. The van der Waals surface area contributed by atoms with Gasteiger partial charge in [-0.15, -0.1) is 0 Å². The number of hydrogen-bond donors (Lipinski definition) is 2. The van der Waals surface area contributed by atoms with Gasteiger partial charge in [0.05, 0.1) is 26.2 Å². The van der Waals surface area contributed by atoms with Crippen molar-refractivity contribution in [1.29, 1.82) is 0 Å². The third-order valence-corrected chi connectivity index (χ3v) is 5.40. The Labute approximate surface area is 183 Å². The number of nitrogens with zero attached hydrogens (tertiary/aromatic N) is 1. The average Bonchev–Trinajstić information content (AvgIpc) is 2.82. The fourth-order valence-electron chi connectivity index (χ4n) is 3.59. The third-order valence-electron chi connectivity index (χ3n) is 5.40. The number of methoxy groups -OCH3 is 1. The van der Waals surface area contributed by atoms with E-state index in [1.807, 2.05) is 47.4 Å². The molecule has 2 aromatic rings. The Bertz CT molecular complexity index is 818. The first-order valence-corrected chi connectivity index (χ1v) is 10.8. The van der Waals surface area contributed by atoms with Crippen molar-refractivity contribution in [2.45, 2.75) is 6.42 Å². The summed E-state index contributed by atoms with van der Waals surface area (Å²) in [7, 11) is 1.65. The Kier molecular flexibility index (Phi) is 8.87. The molecule has 7 nitrogen and oxygen atoms in total. The van der Waals surface area contributed by atoms with Gasteiger partial charge in [-0.2, -0.15) is 0 Å². The highest BCUT2D eigenvalue weighted by atomic mass is 16.5. The molecule has 2 N–H and O–H groups in total. The summed E-state index contributed by atoms with van der Waals surface area (Å²) in [6.45, 7) is 4.57. The minimum Gasteiger partial charge on any atom is -0.484 e. The summed E-state index contributed by atoms with van der Waals surface area (Å²) >= 11 is 0. The lowest BCUT2D eigenvalue weighted by atomic mass is 10.1. The molecular weight excluding hydrogens is 394 g/mol. The van der Waals surface area contributed by atoms with Crippen molar-refractivity contribution < 1.29 is 24.0 Å². The molecule has 2 amide bonds. The molecule has 1 saturated heterocycles. The number of benzene rings is 2. The summed E-state index contributed by atoms with van der Waals surface area (Å²) in [6.07, 6.45) is 0.814. The van der Waals surface area contributed by atoms with Gasteiger partial charge in [0.25, 0.3) is 11.8 Å². The van der Waals surface area contributed by atoms with Crippen LogP contribution in [0.15, 0.2) is 54.6 Å². The molecule has 0 radical (unpaired) electrons. The van der Waals surface area contributed by atoms with E-state index in [4.69, 9.17) is 9.47 Å². The van der Waals surface area contributed by atoms with Gasteiger partial charge < -0.3 is 24.6 Å². The van der Waals surface area contributed by atoms with E-state index in [2.05, 4.69) is 17.4 Å². The van der Waals surface area contributed by atoms with Crippen molar-refractivity contribution in [1.82, 2.24) is 10.2 Å². The van der Waals surface area contributed by atoms with Crippen LogP contribution >= 0.6 is 0 Å². The minimum atomic E-state index is -0.0183. The molecule has 2 aromatic carbocycles. The molecule has 0 bridgehead atoms. The number of amides is 2. The van der Waals surface area contributed by atoms with Crippen LogP contribution in [0.3, 0.4) is 0 Å². The van der Waals surface area contributed by atoms with E-state index in [9.17, 15) is 9.59 Å². The zero-order chi connectivity index (χ0) is 21.9. The molecule has 1 heterocycles. The predicted molar refractivity (Wildman–Crippen MR) is 119 cm³/mol. The lowest BCUT2D eigenvalue weighted by molar-refractivity contribution is -0.896. The van der Waals surface area contributed by atoms with Crippen molar-refractivity contribution in [2.75, 3.05) is 59.6 Å². The van der Waals surface area contributed by atoms with Crippen LogP contribution in [0.5, 0.6) is 5.75 Å². The molecule has 1 aliphatic heterocycles. The first-order valence-electron chi connectivity index (χ1n) is 10.8. The number of hydrogen-bond acceptors (Lipinski definition) is 4. The zero-order valence-electron chi connectivity index (χ0n) is 18.1. The maximum atomic E-state index is 12.5. The fraction of sp³-hybridized carbons (Fsp3) is 0.417. The van der Waals surface area contributed by atoms with Gasteiger partial charge in [-0.25, -0.2) is 0 Å². The second-order valence-electron chi connectivity index (χ2n) is 7.68. The van der Waals surface area contributed by atoms with Crippen LogP contribution in [-0.4, -0.2) is 76.3 Å². The van der Waals surface area contributed by atoms with Gasteiger partial charge in [-0.05, 0) is 29.7 Å². The lowest BCUT2D eigenvalue weighted by Crippen LogP contribution is -3.15. The summed E-state index contributed by atoms with van der Waals surface area (Å²) < 4.78 is 10.7. The number of carbonyl (C=O) groups excluding carboxylic acids is 2. The topological polar surface area (TPSA) is 72.3 Å². The van der Waals surface area contributed by atoms with Crippen LogP contribution < -0.4 is 15.0 Å². The van der Waals surface area contributed by atoms with E-state index in [-0.39, 0.29) is 18.4 Å². The Morgan fingerprint density at radius 3 is 2.35 bits per heavy atom. The highest BCUT2D eigenvalue weighted by Gasteiger charge is 2.25. The van der Waals surface area contributed by atoms with E-state index >= 15 is 0 Å². The van der Waals surface area contributed by atoms with Crippen LogP contribution in [0.1, 0.15) is 6.42 Å². The van der Waals surface area contributed by atoms with Crippen molar-refractivity contribution in [3.63, 3.8) is 0 Å². The number of ether oxygens (including phenoxy) is 2. The molecule has 0 aliphatic carbocycles. The van der Waals surface area contributed by atoms with Crippen molar-refractivity contribution >= 4 is 11.8 Å². The number of piperazine rings is 1. The standard InChI is InChI=1S/C24H31N3O4/c1-30-17-5-12-25-23(28)18-26-13-15-27(16-14-26)24(29)19-31-22-10-8-21(9-11-22)20-6-3-2-4-7-20/h2-4,6-11H,5,12-19H2,1H3,(H,25,28)/p+1. The molecule has 31 heavy (non-hydrogen) atoms. The largest absolute Gasteiger partial charge is 0.484 e. The Balaban J connectivity index is 1.36. The molecule has 1 fully saturated rings. The molecular formula is C24H32N3O4+. The quantitative estimate of drug-likeness (QED) is 0.546. The first-order chi connectivity index (χ1) is 15.2. The molecule has 166 valence electrons. The normalized spacial score (nSPS) is 14.3. The van der Waals surface area contributed by atoms with E-state index < -0.39 is 0 Å². The number of nitrogens with one attached hydrogen (secondary N) is 2. The maximum absolute atomic E-state index is 12.5. The molecule has 0 spiro atoms. The van der Waals surface area contributed by atoms with E-state index in [1.165, 1.54) is 4.90 Å². The van der Waals surface area contributed by atoms with Crippen LogP contribution in [0.25, 0.3) is 11.1 Å². The Hall–Kier alpha value is -2.90. The SMILES string of the molecule is COCCCNC(=O)C[NH+]1CCN(C(=O)COc2ccc(-c3ccccc3)cc2)CC1.